The van der Waals surface area contributed by atoms with Crippen molar-refractivity contribution in [1.82, 2.24) is 5.32 Å². The molecule has 0 amide bonds. The van der Waals surface area contributed by atoms with Gasteiger partial charge >= 0.3 is 0 Å². The van der Waals surface area contributed by atoms with Crippen molar-refractivity contribution in [3.8, 4) is 0 Å². The zero-order valence-electron chi connectivity index (χ0n) is 11.4. The van der Waals surface area contributed by atoms with Gasteiger partial charge in [0.1, 0.15) is 5.82 Å². The van der Waals surface area contributed by atoms with Crippen molar-refractivity contribution in [2.45, 2.75) is 19.9 Å². The van der Waals surface area contributed by atoms with E-state index in [0.29, 0.717) is 22.2 Å². The summed E-state index contributed by atoms with van der Waals surface area (Å²) in [7, 11) is 0. The Balaban J connectivity index is 2.53. The van der Waals surface area contributed by atoms with Crippen molar-refractivity contribution < 1.29 is 4.39 Å². The first kappa shape index (κ1) is 15.3. The molecule has 0 aromatic heterocycles. The molecule has 0 radical (unpaired) electrons. The van der Waals surface area contributed by atoms with Gasteiger partial charge in [0.25, 0.3) is 0 Å². The third kappa shape index (κ3) is 3.32. The minimum Gasteiger partial charge on any atom is -0.306 e. The maximum atomic E-state index is 14.2. The van der Waals surface area contributed by atoms with Crippen molar-refractivity contribution in [1.29, 1.82) is 0 Å². The predicted molar refractivity (Wildman–Crippen MR) is 83.1 cm³/mol. The Morgan fingerprint density at radius 2 is 1.85 bits per heavy atom. The maximum absolute atomic E-state index is 14.2. The Labute approximate surface area is 128 Å². The molecule has 0 aliphatic rings. The molecule has 0 bridgehead atoms. The second-order valence-corrected chi connectivity index (χ2v) is 5.53. The zero-order valence-corrected chi connectivity index (χ0v) is 12.9. The van der Waals surface area contributed by atoms with Gasteiger partial charge in [-0.1, -0.05) is 42.3 Å². The van der Waals surface area contributed by atoms with Gasteiger partial charge in [-0.15, -0.1) is 0 Å². The number of rotatable bonds is 4. The van der Waals surface area contributed by atoms with E-state index in [1.165, 1.54) is 6.07 Å². The molecule has 4 heteroatoms. The Bertz CT molecular complexity index is 613. The Hall–Kier alpha value is -1.09. The summed E-state index contributed by atoms with van der Waals surface area (Å²) in [5.41, 5.74) is 2.24. The van der Waals surface area contributed by atoms with E-state index in [2.05, 4.69) is 5.32 Å². The molecule has 1 N–H and O–H groups in total. The lowest BCUT2D eigenvalue weighted by molar-refractivity contribution is 0.558. The van der Waals surface area contributed by atoms with Gasteiger partial charge in [-0.05, 0) is 48.9 Å². The lowest BCUT2D eigenvalue weighted by Gasteiger charge is -2.21. The molecule has 0 spiro atoms. The van der Waals surface area contributed by atoms with Crippen molar-refractivity contribution in [2.24, 2.45) is 0 Å². The molecule has 0 saturated carbocycles. The van der Waals surface area contributed by atoms with Crippen LogP contribution in [0.15, 0.2) is 36.4 Å². The first-order chi connectivity index (χ1) is 9.52. The molecule has 20 heavy (non-hydrogen) atoms. The molecule has 106 valence electrons. The van der Waals surface area contributed by atoms with Gasteiger partial charge in [-0.25, -0.2) is 4.39 Å². The van der Waals surface area contributed by atoms with Gasteiger partial charge in [0.2, 0.25) is 0 Å². The van der Waals surface area contributed by atoms with Crippen molar-refractivity contribution in [3.63, 3.8) is 0 Å². The fourth-order valence-corrected chi connectivity index (χ4v) is 2.60. The quantitative estimate of drug-likeness (QED) is 0.824. The number of nitrogens with one attached hydrogen (secondary N) is 1. The molecule has 0 saturated heterocycles. The molecule has 1 nitrogen and oxygen atoms in total. The maximum Gasteiger partial charge on any atom is 0.128 e. The van der Waals surface area contributed by atoms with Crippen molar-refractivity contribution >= 4 is 23.2 Å². The normalized spacial score (nSPS) is 12.4. The molecule has 0 aliphatic heterocycles. The summed E-state index contributed by atoms with van der Waals surface area (Å²) in [6, 6.07) is 10.1. The van der Waals surface area contributed by atoms with E-state index >= 15 is 0 Å². The molecule has 1 atom stereocenters. The molecule has 0 aliphatic carbocycles. The fraction of sp³-hybridized carbons (Fsp3) is 0.250. The van der Waals surface area contributed by atoms with E-state index in [-0.39, 0.29) is 11.9 Å². The monoisotopic (exact) mass is 311 g/mol. The highest BCUT2D eigenvalue weighted by molar-refractivity contribution is 6.33. The van der Waals surface area contributed by atoms with E-state index in [9.17, 15) is 4.39 Å². The van der Waals surface area contributed by atoms with Crippen LogP contribution in [0.1, 0.15) is 29.7 Å². The third-order valence-electron chi connectivity index (χ3n) is 3.14. The van der Waals surface area contributed by atoms with Crippen LogP contribution in [-0.2, 0) is 0 Å². The molecule has 1 unspecified atom stereocenters. The number of benzene rings is 2. The molecule has 2 rings (SSSR count). The van der Waals surface area contributed by atoms with E-state index in [4.69, 9.17) is 23.2 Å². The Kier molecular flexibility index (Phi) is 5.03. The van der Waals surface area contributed by atoms with Crippen LogP contribution in [0.2, 0.25) is 10.0 Å². The van der Waals surface area contributed by atoms with Gasteiger partial charge in [0.05, 0.1) is 6.04 Å². The summed E-state index contributed by atoms with van der Waals surface area (Å²) in [6.07, 6.45) is 0. The summed E-state index contributed by atoms with van der Waals surface area (Å²) in [5.74, 6) is -0.244. The second kappa shape index (κ2) is 6.57. The van der Waals surface area contributed by atoms with Gasteiger partial charge < -0.3 is 5.32 Å². The summed E-state index contributed by atoms with van der Waals surface area (Å²) < 4.78 is 14.2. The number of hydrogen-bond donors (Lipinski definition) is 1. The van der Waals surface area contributed by atoms with Crippen LogP contribution in [0, 0.1) is 12.7 Å². The molecular weight excluding hydrogens is 296 g/mol. The number of hydrogen-bond acceptors (Lipinski definition) is 1. The van der Waals surface area contributed by atoms with E-state index in [1.807, 2.05) is 19.9 Å². The van der Waals surface area contributed by atoms with Crippen LogP contribution < -0.4 is 5.32 Å². The average Bonchev–Trinajstić information content (AvgIpc) is 2.40. The minimum atomic E-state index is -0.313. The SMILES string of the molecule is CCNC(c1ccc(C)cc1F)c1cc(Cl)ccc1Cl. The Morgan fingerprint density at radius 1 is 1.10 bits per heavy atom. The highest BCUT2D eigenvalue weighted by Gasteiger charge is 2.19. The first-order valence-electron chi connectivity index (χ1n) is 6.47. The average molecular weight is 312 g/mol. The van der Waals surface area contributed by atoms with E-state index in [1.54, 1.807) is 24.3 Å². The van der Waals surface area contributed by atoms with Crippen molar-refractivity contribution in [3.05, 3.63) is 69.0 Å². The van der Waals surface area contributed by atoms with Crippen molar-refractivity contribution in [2.75, 3.05) is 6.54 Å². The summed E-state index contributed by atoms with van der Waals surface area (Å²) in [5, 5.41) is 4.41. The lowest BCUT2D eigenvalue weighted by Crippen LogP contribution is -2.23. The van der Waals surface area contributed by atoms with Crippen LogP contribution in [0.3, 0.4) is 0 Å². The smallest absolute Gasteiger partial charge is 0.128 e. The molecule has 2 aromatic rings. The predicted octanol–water partition coefficient (Wildman–Crippen LogP) is 5.14. The van der Waals surface area contributed by atoms with Gasteiger partial charge in [0.15, 0.2) is 0 Å². The largest absolute Gasteiger partial charge is 0.306 e. The van der Waals surface area contributed by atoms with Crippen LogP contribution >= 0.6 is 23.2 Å². The van der Waals surface area contributed by atoms with Crippen LogP contribution in [-0.4, -0.2) is 6.54 Å². The minimum absolute atomic E-state index is 0.244. The van der Waals surface area contributed by atoms with Gasteiger partial charge in [-0.2, -0.15) is 0 Å². The topological polar surface area (TPSA) is 12.0 Å². The van der Waals surface area contributed by atoms with E-state index in [0.717, 1.165) is 11.1 Å². The van der Waals surface area contributed by atoms with Crippen LogP contribution in [0.4, 0.5) is 4.39 Å². The van der Waals surface area contributed by atoms with Crippen LogP contribution in [0.5, 0.6) is 0 Å². The second-order valence-electron chi connectivity index (χ2n) is 4.68. The fourth-order valence-electron chi connectivity index (χ4n) is 2.19. The Morgan fingerprint density at radius 3 is 2.50 bits per heavy atom. The summed E-state index contributed by atoms with van der Waals surface area (Å²) in [4.78, 5) is 0. The number of halogens is 3. The highest BCUT2D eigenvalue weighted by atomic mass is 35.5. The first-order valence-corrected chi connectivity index (χ1v) is 7.23. The van der Waals surface area contributed by atoms with Gasteiger partial charge in [-0.3, -0.25) is 0 Å². The highest BCUT2D eigenvalue weighted by Crippen LogP contribution is 2.32. The summed E-state index contributed by atoms with van der Waals surface area (Å²) >= 11 is 12.3. The number of aryl methyl sites for hydroxylation is 1. The molecule has 0 heterocycles. The molecular formula is C16H16Cl2FN. The standard InChI is InChI=1S/C16H16Cl2FN/c1-3-20-16(12-6-4-10(2)8-15(12)19)13-9-11(17)5-7-14(13)18/h4-9,16,20H,3H2,1-2H3. The summed E-state index contributed by atoms with van der Waals surface area (Å²) in [6.45, 7) is 4.53. The molecule has 0 fully saturated rings. The zero-order chi connectivity index (χ0) is 14.7. The van der Waals surface area contributed by atoms with E-state index < -0.39 is 0 Å². The van der Waals surface area contributed by atoms with Crippen LogP contribution in [0.25, 0.3) is 0 Å². The molecule has 2 aromatic carbocycles. The third-order valence-corrected chi connectivity index (χ3v) is 3.72. The lowest BCUT2D eigenvalue weighted by atomic mass is 9.97. The van der Waals surface area contributed by atoms with Gasteiger partial charge in [0, 0.05) is 15.6 Å².